The monoisotopic (exact) mass is 401 g/mol. The van der Waals surface area contributed by atoms with E-state index in [0.29, 0.717) is 22.7 Å². The summed E-state index contributed by atoms with van der Waals surface area (Å²) >= 11 is 0. The number of rotatable bonds is 8. The molecule has 1 unspecified atom stereocenters. The molecule has 0 radical (unpaired) electrons. The Bertz CT molecular complexity index is 841. The molecular formula is C21H27N3O5. The minimum absolute atomic E-state index is 0.0253. The lowest BCUT2D eigenvalue weighted by Gasteiger charge is -2.16. The standard InChI is InChI=1S/C21H27N3O5/c1-4-28-21(27)24-19-10-6-9-18(15(19)3)23-20(26)22-12-16(25)13-29-17-8-5-7-14(2)11-17/h5-11,16,25H,4,12-13H2,1-3H3,(H,24,27)(H2,22,23,26). The zero-order valence-electron chi connectivity index (χ0n) is 16.8. The second-order valence-corrected chi connectivity index (χ2v) is 6.44. The number of anilines is 2. The van der Waals surface area contributed by atoms with Gasteiger partial charge in [-0.05, 0) is 56.2 Å². The van der Waals surface area contributed by atoms with Crippen molar-refractivity contribution in [1.29, 1.82) is 0 Å². The maximum absolute atomic E-state index is 12.1. The highest BCUT2D eigenvalue weighted by Gasteiger charge is 2.12. The number of ether oxygens (including phenoxy) is 2. The van der Waals surface area contributed by atoms with Crippen LogP contribution in [0.5, 0.6) is 5.75 Å². The molecule has 2 rings (SSSR count). The number of hydrogen-bond acceptors (Lipinski definition) is 5. The Balaban J connectivity index is 1.82. The molecule has 8 heteroatoms. The number of amides is 3. The van der Waals surface area contributed by atoms with Crippen molar-refractivity contribution in [3.05, 3.63) is 53.6 Å². The molecule has 4 N–H and O–H groups in total. The number of nitrogens with one attached hydrogen (secondary N) is 3. The summed E-state index contributed by atoms with van der Waals surface area (Å²) in [5.74, 6) is 0.662. The maximum atomic E-state index is 12.1. The van der Waals surface area contributed by atoms with Crippen LogP contribution in [-0.2, 0) is 4.74 Å². The van der Waals surface area contributed by atoms with Gasteiger partial charge in [-0.25, -0.2) is 9.59 Å². The van der Waals surface area contributed by atoms with Gasteiger partial charge in [0.15, 0.2) is 0 Å². The van der Waals surface area contributed by atoms with Crippen molar-refractivity contribution in [2.75, 3.05) is 30.4 Å². The number of carbonyl (C=O) groups is 2. The average Bonchev–Trinajstić information content (AvgIpc) is 2.68. The topological polar surface area (TPSA) is 109 Å². The van der Waals surface area contributed by atoms with Gasteiger partial charge in [-0.1, -0.05) is 18.2 Å². The molecule has 0 aliphatic rings. The van der Waals surface area contributed by atoms with Crippen LogP contribution in [0.25, 0.3) is 0 Å². The number of aryl methyl sites for hydroxylation is 1. The lowest BCUT2D eigenvalue weighted by molar-refractivity contribution is 0.108. The van der Waals surface area contributed by atoms with Gasteiger partial charge in [-0.15, -0.1) is 0 Å². The molecule has 0 aliphatic carbocycles. The third kappa shape index (κ3) is 7.34. The molecule has 0 heterocycles. The van der Waals surface area contributed by atoms with Gasteiger partial charge in [0.2, 0.25) is 0 Å². The van der Waals surface area contributed by atoms with Crippen molar-refractivity contribution in [2.45, 2.75) is 26.9 Å². The predicted octanol–water partition coefficient (Wildman–Crippen LogP) is 3.43. The van der Waals surface area contributed by atoms with Crippen LogP contribution in [-0.4, -0.2) is 43.1 Å². The van der Waals surface area contributed by atoms with Crippen LogP contribution in [0.15, 0.2) is 42.5 Å². The predicted molar refractivity (Wildman–Crippen MR) is 112 cm³/mol. The van der Waals surface area contributed by atoms with Gasteiger partial charge in [-0.3, -0.25) is 5.32 Å². The van der Waals surface area contributed by atoms with E-state index in [9.17, 15) is 14.7 Å². The van der Waals surface area contributed by atoms with Gasteiger partial charge in [0.25, 0.3) is 0 Å². The van der Waals surface area contributed by atoms with Crippen LogP contribution < -0.4 is 20.7 Å². The highest BCUT2D eigenvalue weighted by Crippen LogP contribution is 2.23. The average molecular weight is 401 g/mol. The largest absolute Gasteiger partial charge is 0.491 e. The van der Waals surface area contributed by atoms with Gasteiger partial charge in [-0.2, -0.15) is 0 Å². The summed E-state index contributed by atoms with van der Waals surface area (Å²) in [5.41, 5.74) is 2.80. The van der Waals surface area contributed by atoms with E-state index in [1.165, 1.54) is 0 Å². The Kier molecular flexibility index (Phi) is 8.29. The number of hydrogen-bond donors (Lipinski definition) is 4. The Hall–Kier alpha value is -3.26. The van der Waals surface area contributed by atoms with E-state index in [4.69, 9.17) is 9.47 Å². The Labute approximate surface area is 170 Å². The third-order valence-electron chi connectivity index (χ3n) is 4.02. The smallest absolute Gasteiger partial charge is 0.411 e. The van der Waals surface area contributed by atoms with Crippen molar-refractivity contribution in [3.8, 4) is 5.75 Å². The number of aliphatic hydroxyl groups is 1. The van der Waals surface area contributed by atoms with Gasteiger partial charge >= 0.3 is 12.1 Å². The summed E-state index contributed by atoms with van der Waals surface area (Å²) in [4.78, 5) is 23.7. The summed E-state index contributed by atoms with van der Waals surface area (Å²) in [7, 11) is 0. The number of aliphatic hydroxyl groups excluding tert-OH is 1. The molecule has 0 aromatic heterocycles. The van der Waals surface area contributed by atoms with E-state index in [2.05, 4.69) is 16.0 Å². The van der Waals surface area contributed by atoms with Crippen molar-refractivity contribution in [3.63, 3.8) is 0 Å². The quantitative estimate of drug-likeness (QED) is 0.542. The molecule has 1 atom stereocenters. The summed E-state index contributed by atoms with van der Waals surface area (Å²) in [6.45, 7) is 5.78. The molecule has 0 saturated heterocycles. The Morgan fingerprint density at radius 3 is 2.45 bits per heavy atom. The lowest BCUT2D eigenvalue weighted by atomic mass is 10.1. The van der Waals surface area contributed by atoms with E-state index in [1.54, 1.807) is 38.1 Å². The summed E-state index contributed by atoms with van der Waals surface area (Å²) in [5, 5.41) is 17.9. The fraction of sp³-hybridized carbons (Fsp3) is 0.333. The molecule has 0 bridgehead atoms. The Morgan fingerprint density at radius 2 is 1.76 bits per heavy atom. The van der Waals surface area contributed by atoms with Crippen molar-refractivity contribution in [2.24, 2.45) is 0 Å². The molecule has 156 valence electrons. The van der Waals surface area contributed by atoms with E-state index in [-0.39, 0.29) is 19.8 Å². The fourth-order valence-electron chi connectivity index (χ4n) is 2.52. The first-order chi connectivity index (χ1) is 13.9. The van der Waals surface area contributed by atoms with Crippen molar-refractivity contribution in [1.82, 2.24) is 5.32 Å². The maximum Gasteiger partial charge on any atom is 0.411 e. The summed E-state index contributed by atoms with van der Waals surface area (Å²) in [6.07, 6.45) is -1.42. The Morgan fingerprint density at radius 1 is 1.07 bits per heavy atom. The van der Waals surface area contributed by atoms with Crippen molar-refractivity contribution >= 4 is 23.5 Å². The molecule has 0 saturated carbocycles. The minimum atomic E-state index is -0.862. The van der Waals surface area contributed by atoms with Crippen LogP contribution in [0.3, 0.4) is 0 Å². The van der Waals surface area contributed by atoms with Crippen LogP contribution >= 0.6 is 0 Å². The molecule has 0 spiro atoms. The first-order valence-corrected chi connectivity index (χ1v) is 9.34. The molecule has 8 nitrogen and oxygen atoms in total. The minimum Gasteiger partial charge on any atom is -0.491 e. The molecular weight excluding hydrogens is 374 g/mol. The van der Waals surface area contributed by atoms with Crippen LogP contribution in [0, 0.1) is 13.8 Å². The summed E-state index contributed by atoms with van der Waals surface area (Å²) < 4.78 is 10.4. The third-order valence-corrected chi connectivity index (χ3v) is 4.02. The van der Waals surface area contributed by atoms with E-state index >= 15 is 0 Å². The van der Waals surface area contributed by atoms with Crippen molar-refractivity contribution < 1.29 is 24.2 Å². The molecule has 29 heavy (non-hydrogen) atoms. The zero-order valence-corrected chi connectivity index (χ0v) is 16.8. The number of carbonyl (C=O) groups excluding carboxylic acids is 2. The number of benzene rings is 2. The molecule has 0 fully saturated rings. The first kappa shape index (κ1) is 22.0. The molecule has 3 amide bonds. The molecule has 0 aliphatic heterocycles. The normalized spacial score (nSPS) is 11.3. The number of urea groups is 1. The van der Waals surface area contributed by atoms with E-state index in [1.807, 2.05) is 25.1 Å². The molecule has 2 aromatic carbocycles. The SMILES string of the molecule is CCOC(=O)Nc1cccc(NC(=O)NCC(O)COc2cccc(C)c2)c1C. The van der Waals surface area contributed by atoms with E-state index < -0.39 is 18.2 Å². The zero-order chi connectivity index (χ0) is 21.2. The van der Waals surface area contributed by atoms with Crippen LogP contribution in [0.1, 0.15) is 18.1 Å². The second-order valence-electron chi connectivity index (χ2n) is 6.44. The van der Waals surface area contributed by atoms with Gasteiger partial charge in [0.05, 0.1) is 6.61 Å². The first-order valence-electron chi connectivity index (χ1n) is 9.34. The van der Waals surface area contributed by atoms with Gasteiger partial charge in [0.1, 0.15) is 18.5 Å². The molecule has 2 aromatic rings. The summed E-state index contributed by atoms with van der Waals surface area (Å²) in [6, 6.07) is 12.1. The highest BCUT2D eigenvalue weighted by atomic mass is 16.5. The van der Waals surface area contributed by atoms with E-state index in [0.717, 1.165) is 5.56 Å². The highest BCUT2D eigenvalue weighted by molar-refractivity contribution is 5.93. The van der Waals surface area contributed by atoms with Crippen LogP contribution in [0.2, 0.25) is 0 Å². The fourth-order valence-corrected chi connectivity index (χ4v) is 2.52. The van der Waals surface area contributed by atoms with Gasteiger partial charge < -0.3 is 25.2 Å². The lowest BCUT2D eigenvalue weighted by Crippen LogP contribution is -2.37. The second kappa shape index (κ2) is 10.9. The van der Waals surface area contributed by atoms with Crippen LogP contribution in [0.4, 0.5) is 21.0 Å². The van der Waals surface area contributed by atoms with Gasteiger partial charge in [0, 0.05) is 17.9 Å².